The maximum Gasteiger partial charge on any atom is 0.228 e. The molecule has 6 heteroatoms. The fourth-order valence-corrected chi connectivity index (χ4v) is 3.06. The van der Waals surface area contributed by atoms with Crippen LogP contribution >= 0.6 is 11.3 Å². The second-order valence-corrected chi connectivity index (χ2v) is 5.49. The van der Waals surface area contributed by atoms with E-state index in [4.69, 9.17) is 10.8 Å². The molecule has 0 unspecified atom stereocenters. The molecule has 18 heavy (non-hydrogen) atoms. The number of aliphatic hydroxyl groups is 1. The predicted octanol–water partition coefficient (Wildman–Crippen LogP) is 1.03. The van der Waals surface area contributed by atoms with Gasteiger partial charge in [-0.3, -0.25) is 4.79 Å². The Hall–Kier alpha value is -1.14. The first kappa shape index (κ1) is 13.3. The largest absolute Gasteiger partial charge is 0.395 e. The van der Waals surface area contributed by atoms with Gasteiger partial charge in [-0.2, -0.15) is 0 Å². The molecule has 0 atom stereocenters. The normalized spacial score (nSPS) is 16.1. The minimum absolute atomic E-state index is 0.0153. The van der Waals surface area contributed by atoms with Crippen LogP contribution in [-0.4, -0.2) is 40.1 Å². The van der Waals surface area contributed by atoms with Crippen molar-refractivity contribution in [3.63, 3.8) is 0 Å². The lowest BCUT2D eigenvalue weighted by atomic mass is 10.2. The van der Waals surface area contributed by atoms with Gasteiger partial charge in [-0.25, -0.2) is 4.98 Å². The molecule has 1 aliphatic carbocycles. The fourth-order valence-electron chi connectivity index (χ4n) is 2.49. The van der Waals surface area contributed by atoms with Crippen molar-refractivity contribution < 1.29 is 9.90 Å². The Morgan fingerprint density at radius 2 is 2.28 bits per heavy atom. The van der Waals surface area contributed by atoms with Gasteiger partial charge < -0.3 is 15.7 Å². The highest BCUT2D eigenvalue weighted by molar-refractivity contribution is 7.13. The van der Waals surface area contributed by atoms with E-state index < -0.39 is 0 Å². The van der Waals surface area contributed by atoms with Crippen LogP contribution in [0.25, 0.3) is 0 Å². The molecule has 0 radical (unpaired) electrons. The topological polar surface area (TPSA) is 79.5 Å². The van der Waals surface area contributed by atoms with Crippen molar-refractivity contribution >= 4 is 22.4 Å². The molecule has 0 aromatic carbocycles. The van der Waals surface area contributed by atoms with E-state index in [0.717, 1.165) is 18.5 Å². The molecule has 5 nitrogen and oxygen atoms in total. The Labute approximate surface area is 111 Å². The van der Waals surface area contributed by atoms with Gasteiger partial charge in [0.1, 0.15) is 0 Å². The van der Waals surface area contributed by atoms with Crippen LogP contribution in [0.1, 0.15) is 31.4 Å². The molecule has 1 aliphatic rings. The summed E-state index contributed by atoms with van der Waals surface area (Å²) in [6.45, 7) is 0.435. The molecule has 0 aliphatic heterocycles. The third-order valence-electron chi connectivity index (χ3n) is 3.33. The molecule has 1 aromatic heterocycles. The van der Waals surface area contributed by atoms with Crippen molar-refractivity contribution in [3.05, 3.63) is 11.1 Å². The number of nitrogen functional groups attached to an aromatic ring is 1. The first-order valence-corrected chi connectivity index (χ1v) is 7.19. The van der Waals surface area contributed by atoms with Gasteiger partial charge in [-0.1, -0.05) is 12.8 Å². The van der Waals surface area contributed by atoms with Crippen LogP contribution < -0.4 is 5.73 Å². The smallest absolute Gasteiger partial charge is 0.228 e. The molecule has 1 aromatic rings. The van der Waals surface area contributed by atoms with Gasteiger partial charge in [0, 0.05) is 18.0 Å². The summed E-state index contributed by atoms with van der Waals surface area (Å²) in [7, 11) is 0. The van der Waals surface area contributed by atoms with E-state index in [-0.39, 0.29) is 18.9 Å². The highest BCUT2D eigenvalue weighted by Crippen LogP contribution is 2.24. The second kappa shape index (κ2) is 6.15. The third kappa shape index (κ3) is 3.20. The predicted molar refractivity (Wildman–Crippen MR) is 71.3 cm³/mol. The van der Waals surface area contributed by atoms with Crippen molar-refractivity contribution in [2.24, 2.45) is 0 Å². The monoisotopic (exact) mass is 269 g/mol. The summed E-state index contributed by atoms with van der Waals surface area (Å²) in [4.78, 5) is 18.2. The van der Waals surface area contributed by atoms with Crippen LogP contribution in [0.2, 0.25) is 0 Å². The summed E-state index contributed by atoms with van der Waals surface area (Å²) in [6.07, 6.45) is 4.72. The van der Waals surface area contributed by atoms with Gasteiger partial charge in [0.05, 0.1) is 18.7 Å². The van der Waals surface area contributed by atoms with Crippen LogP contribution in [0, 0.1) is 0 Å². The van der Waals surface area contributed by atoms with Gasteiger partial charge >= 0.3 is 0 Å². The Bertz CT molecular complexity index is 402. The van der Waals surface area contributed by atoms with Gasteiger partial charge in [0.25, 0.3) is 0 Å². The molecule has 1 fully saturated rings. The van der Waals surface area contributed by atoms with Crippen molar-refractivity contribution in [1.82, 2.24) is 9.88 Å². The van der Waals surface area contributed by atoms with E-state index in [0.29, 0.717) is 17.7 Å². The zero-order valence-corrected chi connectivity index (χ0v) is 11.2. The number of nitrogens with zero attached hydrogens (tertiary/aromatic N) is 2. The number of hydrogen-bond acceptors (Lipinski definition) is 5. The lowest BCUT2D eigenvalue weighted by Crippen LogP contribution is -2.41. The van der Waals surface area contributed by atoms with Crippen molar-refractivity contribution in [3.8, 4) is 0 Å². The highest BCUT2D eigenvalue weighted by Gasteiger charge is 2.26. The molecule has 0 bridgehead atoms. The summed E-state index contributed by atoms with van der Waals surface area (Å²) in [5.41, 5.74) is 6.28. The Kier molecular flexibility index (Phi) is 4.54. The molecule has 0 spiro atoms. The summed E-state index contributed by atoms with van der Waals surface area (Å²) < 4.78 is 0. The molecular weight excluding hydrogens is 250 g/mol. The maximum atomic E-state index is 12.2. The maximum absolute atomic E-state index is 12.2. The minimum atomic E-state index is 0.0153. The first-order chi connectivity index (χ1) is 8.70. The van der Waals surface area contributed by atoms with E-state index in [2.05, 4.69) is 4.98 Å². The van der Waals surface area contributed by atoms with Crippen LogP contribution in [0.4, 0.5) is 5.13 Å². The van der Waals surface area contributed by atoms with E-state index >= 15 is 0 Å². The first-order valence-electron chi connectivity index (χ1n) is 6.31. The fraction of sp³-hybridized carbons (Fsp3) is 0.667. The summed E-state index contributed by atoms with van der Waals surface area (Å²) in [5.74, 6) is 0.0428. The van der Waals surface area contributed by atoms with E-state index in [1.165, 1.54) is 24.2 Å². The van der Waals surface area contributed by atoms with E-state index in [1.807, 2.05) is 10.3 Å². The molecule has 1 heterocycles. The minimum Gasteiger partial charge on any atom is -0.395 e. The van der Waals surface area contributed by atoms with Crippen molar-refractivity contribution in [2.45, 2.75) is 38.1 Å². The molecule has 100 valence electrons. The number of thiazole rings is 1. The van der Waals surface area contributed by atoms with Gasteiger partial charge in [-0.05, 0) is 12.8 Å². The molecular formula is C12H19N3O2S. The molecule has 3 N–H and O–H groups in total. The lowest BCUT2D eigenvalue weighted by molar-refractivity contribution is -0.133. The summed E-state index contributed by atoms with van der Waals surface area (Å²) >= 11 is 1.35. The quantitative estimate of drug-likeness (QED) is 0.837. The van der Waals surface area contributed by atoms with Crippen LogP contribution in [0.5, 0.6) is 0 Å². The van der Waals surface area contributed by atoms with E-state index in [9.17, 15) is 4.79 Å². The van der Waals surface area contributed by atoms with Gasteiger partial charge in [0.2, 0.25) is 5.91 Å². The number of aromatic nitrogens is 1. The van der Waals surface area contributed by atoms with Gasteiger partial charge in [-0.15, -0.1) is 11.3 Å². The SMILES string of the molecule is Nc1nc(CC(=O)N(CCO)C2CCCC2)cs1. The second-order valence-electron chi connectivity index (χ2n) is 4.60. The Morgan fingerprint density at radius 1 is 1.56 bits per heavy atom. The van der Waals surface area contributed by atoms with Gasteiger partial charge in [0.15, 0.2) is 5.13 Å². The lowest BCUT2D eigenvalue weighted by Gasteiger charge is -2.28. The average Bonchev–Trinajstić information content (AvgIpc) is 2.97. The third-order valence-corrected chi connectivity index (χ3v) is 4.05. The Balaban J connectivity index is 1.98. The highest BCUT2D eigenvalue weighted by atomic mass is 32.1. The molecule has 0 saturated heterocycles. The number of aliphatic hydroxyl groups excluding tert-OH is 1. The summed E-state index contributed by atoms with van der Waals surface area (Å²) in [6, 6.07) is 0.292. The van der Waals surface area contributed by atoms with E-state index in [1.54, 1.807) is 0 Å². The number of amides is 1. The average molecular weight is 269 g/mol. The van der Waals surface area contributed by atoms with Crippen LogP contribution in [-0.2, 0) is 11.2 Å². The molecule has 2 rings (SSSR count). The molecule has 1 saturated carbocycles. The molecule has 1 amide bonds. The zero-order chi connectivity index (χ0) is 13.0. The van der Waals surface area contributed by atoms with Crippen LogP contribution in [0.15, 0.2) is 5.38 Å². The number of carbonyl (C=O) groups is 1. The number of nitrogens with two attached hydrogens (primary N) is 1. The number of rotatable bonds is 5. The number of hydrogen-bond donors (Lipinski definition) is 2. The summed E-state index contributed by atoms with van der Waals surface area (Å²) in [5, 5.41) is 11.4. The standard InChI is InChI=1S/C12H19N3O2S/c13-12-14-9(8-18-12)7-11(17)15(5-6-16)10-3-1-2-4-10/h8,10,16H,1-7H2,(H2,13,14). The zero-order valence-electron chi connectivity index (χ0n) is 10.3. The van der Waals surface area contributed by atoms with Crippen molar-refractivity contribution in [2.75, 3.05) is 18.9 Å². The number of carbonyl (C=O) groups excluding carboxylic acids is 1. The van der Waals surface area contributed by atoms with Crippen LogP contribution in [0.3, 0.4) is 0 Å². The van der Waals surface area contributed by atoms with Crippen molar-refractivity contribution in [1.29, 1.82) is 0 Å². The Morgan fingerprint density at radius 3 is 2.83 bits per heavy atom. The number of anilines is 1.